The molecule has 0 rings (SSSR count). The molecule has 0 aliphatic rings. The number of amides is 9. The maximum absolute atomic E-state index is 14.2. The van der Waals surface area contributed by atoms with E-state index in [9.17, 15) is 53.1 Å². The van der Waals surface area contributed by atoms with Crippen molar-refractivity contribution in [3.8, 4) is 0 Å². The highest BCUT2D eigenvalue weighted by molar-refractivity contribution is 7.80. The lowest BCUT2D eigenvalue weighted by Crippen LogP contribution is -2.61. The molecule has 0 aromatic heterocycles. The van der Waals surface area contributed by atoms with E-state index in [1.54, 1.807) is 41.5 Å². The minimum absolute atomic E-state index is 0.0123. The van der Waals surface area contributed by atoms with Crippen LogP contribution in [-0.2, 0) is 47.9 Å². The first-order chi connectivity index (χ1) is 36.6. The summed E-state index contributed by atoms with van der Waals surface area (Å²) >= 11 is 8.53. The van der Waals surface area contributed by atoms with E-state index in [2.05, 4.69) is 78.1 Å². The second-order valence-corrected chi connectivity index (χ2v) is 21.8. The monoisotopic (exact) mass is 1150 g/mol. The molecule has 0 bridgehead atoms. The predicted molar refractivity (Wildman–Crippen MR) is 305 cm³/mol. The van der Waals surface area contributed by atoms with Gasteiger partial charge in [0.15, 0.2) is 5.96 Å². The van der Waals surface area contributed by atoms with Crippen LogP contribution < -0.4 is 76.5 Å². The molecule has 9 amide bonds. The van der Waals surface area contributed by atoms with Crippen molar-refractivity contribution in [3.63, 3.8) is 0 Å². The summed E-state index contributed by atoms with van der Waals surface area (Å²) in [6, 6.07) is -10.8. The Hall–Kier alpha value is -5.45. The smallest absolute Gasteiger partial charge is 0.326 e. The van der Waals surface area contributed by atoms with Gasteiger partial charge in [-0.25, -0.2) is 4.79 Å². The van der Waals surface area contributed by atoms with Crippen LogP contribution in [0.25, 0.3) is 0 Å². The highest BCUT2D eigenvalue weighted by Crippen LogP contribution is 2.13. The Morgan fingerprint density at radius 3 is 1.15 bits per heavy atom. The van der Waals surface area contributed by atoms with Crippen LogP contribution in [0.15, 0.2) is 4.99 Å². The van der Waals surface area contributed by atoms with Gasteiger partial charge in [0, 0.05) is 18.1 Å². The average Bonchev–Trinajstić information content (AvgIpc) is 3.35. The van der Waals surface area contributed by atoms with Crippen LogP contribution in [0.5, 0.6) is 0 Å². The first kappa shape index (κ1) is 72.5. The van der Waals surface area contributed by atoms with Gasteiger partial charge in [-0.3, -0.25) is 48.1 Å². The maximum atomic E-state index is 14.2. The lowest BCUT2D eigenvalue weighted by Gasteiger charge is -2.28. The molecule has 448 valence electrons. The molecule has 28 heteroatoms. The molecular weight excluding hydrogens is 1050 g/mol. The standard InChI is InChI=1S/C50H95N15O11S2/c1-27(2)20-34(42(68)57-24-40(66)58-37(49(75)76)23-30(7)8)61-47(73)38(25-77)65-48(74)39(26-78)64-46(72)36(22-29(5)6)63-45(71)35(21-28(3)4)62-44(70)33(16-13-19-56-50(54)55)60-43(69)32(15-10-12-18-52)59-41(67)31(53)14-9-11-17-51/h27-39,77-78H,9-26,51-53H2,1-8H3,(H,57,68)(H,58,66)(H,59,67)(H,60,69)(H,61,73)(H,62,70)(H,63,71)(H,64,72)(H,65,74)(H,75,76)(H4,54,55,56)/t31-,32-,33-,34-,35-,36-,37-,38-,39-/m0/s1. The number of carbonyl (C=O) groups excluding carboxylic acids is 9. The number of carbonyl (C=O) groups is 10. The fraction of sp³-hybridized carbons (Fsp3) is 0.780. The van der Waals surface area contributed by atoms with Gasteiger partial charge in [0.2, 0.25) is 53.2 Å². The van der Waals surface area contributed by atoms with Crippen molar-refractivity contribution in [2.24, 2.45) is 57.3 Å². The molecule has 0 heterocycles. The van der Waals surface area contributed by atoms with Crippen LogP contribution in [0.3, 0.4) is 0 Å². The van der Waals surface area contributed by atoms with E-state index in [1.807, 2.05) is 13.8 Å². The second kappa shape index (κ2) is 39.8. The number of carboxylic acids is 1. The summed E-state index contributed by atoms with van der Waals surface area (Å²) in [5.74, 6) is -9.06. The van der Waals surface area contributed by atoms with Crippen molar-refractivity contribution >= 4 is 90.4 Å². The molecule has 0 radical (unpaired) electrons. The number of nitrogens with two attached hydrogens (primary N) is 5. The summed E-state index contributed by atoms with van der Waals surface area (Å²) in [5, 5.41) is 32.9. The van der Waals surface area contributed by atoms with E-state index in [0.717, 1.165) is 0 Å². The number of guanidine groups is 1. The first-order valence-electron chi connectivity index (χ1n) is 27.0. The number of carboxylic acid groups (broad SMARTS) is 1. The lowest BCUT2D eigenvalue weighted by molar-refractivity contribution is -0.142. The van der Waals surface area contributed by atoms with Gasteiger partial charge in [-0.2, -0.15) is 25.3 Å². The summed E-state index contributed by atoms with van der Waals surface area (Å²) < 4.78 is 0. The first-order valence-corrected chi connectivity index (χ1v) is 28.2. The molecule has 9 atom stereocenters. The molecule has 26 nitrogen and oxygen atoms in total. The summed E-state index contributed by atoms with van der Waals surface area (Å²) in [4.78, 5) is 138. The van der Waals surface area contributed by atoms with Crippen LogP contribution in [0.4, 0.5) is 0 Å². The Balaban J connectivity index is 6.41. The van der Waals surface area contributed by atoms with Gasteiger partial charge in [0.1, 0.15) is 48.3 Å². The minimum atomic E-state index is -1.36. The molecule has 78 heavy (non-hydrogen) atoms. The van der Waals surface area contributed by atoms with Crippen LogP contribution in [0.1, 0.15) is 132 Å². The highest BCUT2D eigenvalue weighted by atomic mass is 32.1. The summed E-state index contributed by atoms with van der Waals surface area (Å²) in [6.45, 7) is 14.7. The van der Waals surface area contributed by atoms with Crippen LogP contribution in [-0.4, -0.2) is 162 Å². The number of aliphatic imine (C=N–C) groups is 1. The number of thiol groups is 2. The van der Waals surface area contributed by atoms with Gasteiger partial charge in [0.25, 0.3) is 0 Å². The normalized spacial score (nSPS) is 14.8. The molecule has 0 fully saturated rings. The number of unbranched alkanes of at least 4 members (excludes halogenated alkanes) is 2. The van der Waals surface area contributed by atoms with Gasteiger partial charge in [-0.15, -0.1) is 0 Å². The van der Waals surface area contributed by atoms with Gasteiger partial charge >= 0.3 is 5.97 Å². The van der Waals surface area contributed by atoms with E-state index in [1.165, 1.54) is 0 Å². The van der Waals surface area contributed by atoms with Crippen molar-refractivity contribution in [2.75, 3.05) is 37.7 Å². The zero-order chi connectivity index (χ0) is 59.7. The van der Waals surface area contributed by atoms with Crippen molar-refractivity contribution < 1.29 is 53.1 Å². The Bertz CT molecular complexity index is 1950. The Labute approximate surface area is 471 Å². The lowest BCUT2D eigenvalue weighted by atomic mass is 9.99. The van der Waals surface area contributed by atoms with E-state index < -0.39 is 120 Å². The number of hydrogen-bond donors (Lipinski definition) is 17. The zero-order valence-corrected chi connectivity index (χ0v) is 48.8. The number of aliphatic carboxylic acids is 1. The fourth-order valence-electron chi connectivity index (χ4n) is 7.81. The molecule has 20 N–H and O–H groups in total. The average molecular weight is 1150 g/mol. The van der Waals surface area contributed by atoms with Crippen molar-refractivity contribution in [2.45, 2.75) is 187 Å². The number of nitrogens with one attached hydrogen (secondary N) is 9. The van der Waals surface area contributed by atoms with Gasteiger partial charge in [-0.05, 0) is 107 Å². The number of rotatable bonds is 41. The Morgan fingerprint density at radius 1 is 0.436 bits per heavy atom. The molecule has 0 aromatic carbocycles. The van der Waals surface area contributed by atoms with Crippen molar-refractivity contribution in [1.82, 2.24) is 47.9 Å². The third-order valence-electron chi connectivity index (χ3n) is 11.9. The molecule has 0 aromatic rings. The van der Waals surface area contributed by atoms with Gasteiger partial charge in [-0.1, -0.05) is 61.8 Å². The zero-order valence-electron chi connectivity index (χ0n) is 47.0. The largest absolute Gasteiger partial charge is 0.480 e. The summed E-state index contributed by atoms with van der Waals surface area (Å²) in [6.07, 6.45) is 3.52. The molecular formula is C50H95N15O11S2. The molecule has 0 saturated carbocycles. The molecule has 0 unspecified atom stereocenters. The molecule has 0 saturated heterocycles. The second-order valence-electron chi connectivity index (χ2n) is 21.1. The van der Waals surface area contributed by atoms with Crippen LogP contribution in [0.2, 0.25) is 0 Å². The van der Waals surface area contributed by atoms with Gasteiger partial charge in [0.05, 0.1) is 12.6 Å². The molecule has 0 aliphatic heterocycles. The Kier molecular flexibility index (Phi) is 37.1. The van der Waals surface area contributed by atoms with Gasteiger partial charge < -0.3 is 81.6 Å². The fourth-order valence-corrected chi connectivity index (χ4v) is 8.33. The van der Waals surface area contributed by atoms with E-state index in [0.29, 0.717) is 45.2 Å². The number of nitrogens with zero attached hydrogens (tertiary/aromatic N) is 1. The van der Waals surface area contributed by atoms with Crippen molar-refractivity contribution in [1.29, 1.82) is 0 Å². The topological polar surface area (TPSA) is 442 Å². The maximum Gasteiger partial charge on any atom is 0.326 e. The Morgan fingerprint density at radius 2 is 0.769 bits per heavy atom. The quantitative estimate of drug-likeness (QED) is 0.0133. The third kappa shape index (κ3) is 31.2. The minimum Gasteiger partial charge on any atom is -0.480 e. The van der Waals surface area contributed by atoms with E-state index in [4.69, 9.17) is 28.7 Å². The van der Waals surface area contributed by atoms with E-state index >= 15 is 0 Å². The third-order valence-corrected chi connectivity index (χ3v) is 12.6. The predicted octanol–water partition coefficient (Wildman–Crippen LogP) is -2.25. The van der Waals surface area contributed by atoms with E-state index in [-0.39, 0.29) is 92.6 Å². The SMILES string of the molecule is CC(C)C[C@H](NC(=O)CNC(=O)[C@H](CC(C)C)NC(=O)[C@H](CS)NC(=O)[C@H](CS)NC(=O)[C@H](CC(C)C)NC(=O)[C@H](CC(C)C)NC(=O)[C@H](CCCN=C(N)N)NC(=O)[C@H](CCCCN)NC(=O)[C@@H](N)CCCCN)C(=O)O. The molecule has 0 aliphatic carbocycles. The molecule has 0 spiro atoms. The van der Waals surface area contributed by atoms with Crippen molar-refractivity contribution in [3.05, 3.63) is 0 Å². The highest BCUT2D eigenvalue weighted by Gasteiger charge is 2.35. The summed E-state index contributed by atoms with van der Waals surface area (Å²) in [5.41, 5.74) is 28.5. The van der Waals surface area contributed by atoms with Crippen LogP contribution >= 0.6 is 25.3 Å². The number of hydrogen-bond acceptors (Lipinski definition) is 16. The summed E-state index contributed by atoms with van der Waals surface area (Å²) in [7, 11) is 0. The van der Waals surface area contributed by atoms with Crippen LogP contribution in [0, 0.1) is 23.7 Å².